The van der Waals surface area contributed by atoms with E-state index in [1.807, 2.05) is 77.1 Å². The van der Waals surface area contributed by atoms with Crippen molar-refractivity contribution in [3.63, 3.8) is 0 Å². The molecule has 0 spiro atoms. The summed E-state index contributed by atoms with van der Waals surface area (Å²) in [7, 11) is 0. The maximum atomic E-state index is 15.0. The Hall–Kier alpha value is -9.40. The number of carbonyl (C=O) groups is 4. The number of alkyl halides is 8. The number of amides is 4. The number of fused-ring (bicyclic) bond motifs is 8. The smallest absolute Gasteiger partial charge is 0.248 e. The summed E-state index contributed by atoms with van der Waals surface area (Å²) in [5.41, 5.74) is 2.62. The Labute approximate surface area is 922 Å². The molecular weight excluding hydrogens is 1890 g/mol. The van der Waals surface area contributed by atoms with Crippen LogP contribution in [-0.2, 0) is 19.2 Å². The van der Waals surface area contributed by atoms with Crippen LogP contribution >= 0.6 is 0 Å². The van der Waals surface area contributed by atoms with Gasteiger partial charge in [-0.25, -0.2) is 35.1 Å². The molecule has 16 unspecified atom stereocenters. The van der Waals surface area contributed by atoms with Gasteiger partial charge in [-0.15, -0.1) is 40.8 Å². The van der Waals surface area contributed by atoms with E-state index in [4.69, 9.17) is 43.9 Å². The van der Waals surface area contributed by atoms with Crippen molar-refractivity contribution in [2.75, 3.05) is 26.1 Å². The van der Waals surface area contributed by atoms with Crippen LogP contribution in [0.1, 0.15) is 476 Å². The molecule has 24 nitrogen and oxygen atoms in total. The molecular formula is C116H164F8N20O4. The van der Waals surface area contributed by atoms with E-state index in [1.165, 1.54) is 39.8 Å². The number of carbonyl (C=O) groups excluding carboxylic acids is 4. The summed E-state index contributed by atoms with van der Waals surface area (Å²) in [4.78, 5) is 62.3. The Balaban J connectivity index is 0.000000162. The summed E-state index contributed by atoms with van der Waals surface area (Å²) >= 11 is 0. The Morgan fingerprint density at radius 2 is 0.534 bits per heavy atom. The molecule has 32 heteroatoms. The van der Waals surface area contributed by atoms with Gasteiger partial charge >= 0.3 is 0 Å². The first kappa shape index (κ1) is 72.2. The number of nitrogens with zero attached hydrogens (tertiary/aromatic N) is 16. The fourth-order valence-corrected chi connectivity index (χ4v) is 24.7. The van der Waals surface area contributed by atoms with E-state index in [0.29, 0.717) is 111 Å². The van der Waals surface area contributed by atoms with Gasteiger partial charge in [0, 0.05) is 246 Å². The molecule has 4 N–H and O–H groups in total. The van der Waals surface area contributed by atoms with Crippen LogP contribution in [-0.4, -0.2) is 200 Å². The van der Waals surface area contributed by atoms with Crippen molar-refractivity contribution in [2.24, 2.45) is 23.7 Å². The van der Waals surface area contributed by atoms with Gasteiger partial charge in [0.15, 0.2) is 0 Å². The number of aryl methyl sites for hydroxylation is 4. The predicted molar refractivity (Wildman–Crippen MR) is 558 cm³/mol. The van der Waals surface area contributed by atoms with E-state index in [0.717, 1.165) is 69.0 Å². The number of hydrogen-bond acceptors (Lipinski definition) is 16. The molecule has 4 aromatic carbocycles. The van der Waals surface area contributed by atoms with Crippen LogP contribution in [0.15, 0.2) is 121 Å². The highest BCUT2D eigenvalue weighted by Gasteiger charge is 2.50. The first-order valence-corrected chi connectivity index (χ1v) is 52.3. The van der Waals surface area contributed by atoms with E-state index < -0.39 is 205 Å². The third-order valence-corrected chi connectivity index (χ3v) is 32.0. The number of hydrogen-bond donors (Lipinski definition) is 4. The molecule has 4 aromatic heterocycles. The standard InChI is InChI=1S/4C29H41F2N5O/c4*1-19(2)27-34-33-20(3)36(27)25-17-23-9-10-24(18-25)35(23)16-13-26(21-7-5-4-6-8-21)32-28(37)22-11-14-29(30,31)15-12-22/h4*4-8,19,22-26H,9-18H2,1-3H3,(H,32,37)/i1D3,11D2,12D2,14D2,15D2,16D2,19D;1D3,11D2,12D2,14D2,15D2,19D;1D3,16D2,19D;1D3,19D. The maximum absolute atomic E-state index is 15.0. The lowest BCUT2D eigenvalue weighted by Gasteiger charge is -2.40. The molecule has 148 heavy (non-hydrogen) atoms. The molecule has 16 atom stereocenters. The largest absolute Gasteiger partial charge is 0.349 e. The summed E-state index contributed by atoms with van der Waals surface area (Å²) in [5, 5.41) is 44.0. The summed E-state index contributed by atoms with van der Waals surface area (Å²) in [5.74, 6) is -31.1. The van der Waals surface area contributed by atoms with Crippen molar-refractivity contribution in [3.05, 3.63) is 190 Å². The first-order valence-electron chi connectivity index (χ1n) is 70.3. The highest BCUT2D eigenvalue weighted by atomic mass is 19.3. The second-order valence-corrected chi connectivity index (χ2v) is 42.1. The van der Waals surface area contributed by atoms with Gasteiger partial charge in [-0.1, -0.05) is 176 Å². The molecule has 4 saturated carbocycles. The second-order valence-electron chi connectivity index (χ2n) is 42.1. The van der Waals surface area contributed by atoms with E-state index in [9.17, 15) is 51.0 Å². The molecule has 8 bridgehead atoms. The predicted octanol–water partition coefficient (Wildman–Crippen LogP) is 23.8. The zero-order valence-electron chi connectivity index (χ0n) is 121. The van der Waals surface area contributed by atoms with Crippen LogP contribution in [0.2, 0.25) is 0 Å². The summed E-state index contributed by atoms with van der Waals surface area (Å²) in [6.45, 7) is -1.04. The van der Waals surface area contributed by atoms with Gasteiger partial charge < -0.3 is 39.5 Å². The van der Waals surface area contributed by atoms with E-state index >= 15 is 8.78 Å². The van der Waals surface area contributed by atoms with Crippen molar-refractivity contribution < 1.29 is 104 Å². The highest BCUT2D eigenvalue weighted by Crippen LogP contribution is 2.50. The zero-order valence-corrected chi connectivity index (χ0v) is 85.1. The maximum Gasteiger partial charge on any atom is 0.248 e. The molecule has 8 saturated heterocycles. The fraction of sp³-hybridized carbons (Fsp3) is 0.690. The van der Waals surface area contributed by atoms with Gasteiger partial charge in [-0.3, -0.25) is 38.8 Å². The Kier molecular flexibility index (Phi) is 23.6. The average molecular weight is 2090 g/mol. The summed E-state index contributed by atoms with van der Waals surface area (Å²) in [6, 6.07) is 31.3. The molecule has 8 aliphatic heterocycles. The molecule has 4 amide bonds. The quantitative estimate of drug-likeness (QED) is 0.0286. The molecule has 12 heterocycles. The Morgan fingerprint density at radius 3 is 0.764 bits per heavy atom. The van der Waals surface area contributed by atoms with Crippen LogP contribution in [0, 0.1) is 51.4 Å². The van der Waals surface area contributed by atoms with Crippen LogP contribution in [0.25, 0.3) is 0 Å². The Morgan fingerprint density at radius 1 is 0.318 bits per heavy atom. The van der Waals surface area contributed by atoms with Gasteiger partial charge in [0.1, 0.15) is 46.6 Å². The normalized spacial score (nSPS) is 35.4. The zero-order chi connectivity index (χ0) is 136. The minimum atomic E-state index is -5.16. The monoisotopic (exact) mass is 2090 g/mol. The topological polar surface area (TPSA) is 252 Å². The SMILES string of the molecule is [2H]C([2H])(CC(NC(=O)C1C([2H])([2H])C([2H])([2H])C(F)(F)C([2H])([2H])C1([2H])[2H])c1ccccc1)N1C2CCC1CC(n1c(C)nnc1C([2H])(C)C([2H])([2H])[2H])C2.[2H]C([2H])(CC(NC(=O)C1CCC(F)(F)CC1)c1ccccc1)N1C2CCC1CC(n1c(C)nnc1C([2H])(C)C([2H])([2H])[2H])C2.[2H]C([2H])([2H])C([2H])(C)c1nnc(C)n1C1CC2CCC(C1)N2CCC(NC(=O)C1C([2H])([2H])C([2H])([2H])C(F)(F)C([2H])([2H])C1([2H])[2H])c1ccccc1.[2H]C([2H])([2H])C([2H])(C)c1nnc(C)n1C1CC2CCC(C1)N2CCC(NC(=O)C1CCC(F)(F)CC1)c1ccccc1. The highest BCUT2D eigenvalue weighted by molar-refractivity contribution is 5.81. The van der Waals surface area contributed by atoms with Crippen LogP contribution in [0.4, 0.5) is 35.1 Å². The Bertz CT molecular complexity index is 7280. The third kappa shape index (κ3) is 26.7. The van der Waals surface area contributed by atoms with Gasteiger partial charge in [-0.05, 0) is 230 Å². The van der Waals surface area contributed by atoms with E-state index in [-0.39, 0.29) is 160 Å². The molecule has 0 radical (unpaired) electrons. The van der Waals surface area contributed by atoms with Crippen molar-refractivity contribution in [1.29, 1.82) is 0 Å². The summed E-state index contributed by atoms with van der Waals surface area (Å²) < 4.78 is 417. The minimum absolute atomic E-state index is 0.00987. The van der Waals surface area contributed by atoms with Gasteiger partial charge in [0.2, 0.25) is 47.3 Å². The van der Waals surface area contributed by atoms with E-state index in [2.05, 4.69) is 71.9 Å². The number of benzene rings is 4. The van der Waals surface area contributed by atoms with Crippen molar-refractivity contribution in [2.45, 2.75) is 457 Å². The van der Waals surface area contributed by atoms with Crippen LogP contribution in [0.3, 0.4) is 0 Å². The second kappa shape index (κ2) is 48.3. The van der Waals surface area contributed by atoms with Crippen molar-refractivity contribution in [1.82, 2.24) is 99.9 Å². The third-order valence-electron chi connectivity index (χ3n) is 32.0. The van der Waals surface area contributed by atoms with Crippen LogP contribution < -0.4 is 21.3 Å². The van der Waals surface area contributed by atoms with Gasteiger partial charge in [0.25, 0.3) is 0 Å². The minimum Gasteiger partial charge on any atom is -0.349 e. The van der Waals surface area contributed by atoms with Gasteiger partial charge in [-0.2, -0.15) is 0 Å². The van der Waals surface area contributed by atoms with Crippen molar-refractivity contribution in [3.8, 4) is 0 Å². The van der Waals surface area contributed by atoms with Crippen LogP contribution in [0.5, 0.6) is 0 Å². The molecule has 20 rings (SSSR count). The molecule has 12 fully saturated rings. The number of nitrogens with one attached hydrogen (secondary N) is 4. The average Bonchev–Trinajstić information content (AvgIpc) is 1.20. The molecule has 12 aliphatic rings. The number of piperidine rings is 4. The first-order chi connectivity index (χ1) is 84.6. The fourth-order valence-electron chi connectivity index (χ4n) is 24.7. The number of halogens is 8. The molecule has 4 aliphatic carbocycles. The number of aromatic nitrogens is 12. The van der Waals surface area contributed by atoms with Gasteiger partial charge in [0.05, 0.1) is 24.2 Å². The lowest BCUT2D eigenvalue weighted by molar-refractivity contribution is -0.131. The number of rotatable bonds is 32. The summed E-state index contributed by atoms with van der Waals surface area (Å²) in [6.07, 6.45) is -21.4. The molecule has 8 aromatic rings. The van der Waals surface area contributed by atoms with Crippen molar-refractivity contribution >= 4 is 23.6 Å². The van der Waals surface area contributed by atoms with E-state index in [1.54, 1.807) is 87.9 Å². The lowest BCUT2D eigenvalue weighted by atomic mass is 9.86. The molecule has 808 valence electrons. The lowest BCUT2D eigenvalue weighted by Crippen LogP contribution is -2.45.